The van der Waals surface area contributed by atoms with Crippen molar-refractivity contribution in [3.05, 3.63) is 83.0 Å². The summed E-state index contributed by atoms with van der Waals surface area (Å²) in [7, 11) is 0. The van der Waals surface area contributed by atoms with Crippen LogP contribution in [-0.2, 0) is 0 Å². The number of benzene rings is 1. The third-order valence-electron chi connectivity index (χ3n) is 3.32. The van der Waals surface area contributed by atoms with Gasteiger partial charge in [0.25, 0.3) is 5.56 Å². The summed E-state index contributed by atoms with van der Waals surface area (Å²) >= 11 is 0. The van der Waals surface area contributed by atoms with E-state index in [2.05, 4.69) is 4.98 Å². The van der Waals surface area contributed by atoms with Crippen LogP contribution in [0.2, 0.25) is 0 Å². The second-order valence-electron chi connectivity index (χ2n) is 5.06. The molecule has 0 saturated heterocycles. The average molecular weight is 344 g/mol. The molecule has 0 amide bonds. The molecule has 0 radical (unpaired) electrons. The van der Waals surface area contributed by atoms with Crippen molar-refractivity contribution in [1.82, 2.24) is 9.55 Å². The summed E-state index contributed by atoms with van der Waals surface area (Å²) < 4.78 is 37.8. The number of hydrogen-bond acceptors (Lipinski definition) is 4. The summed E-state index contributed by atoms with van der Waals surface area (Å²) in [5.74, 6) is -0.126. The van der Waals surface area contributed by atoms with Crippen LogP contribution in [0.4, 0.5) is 8.78 Å². The van der Waals surface area contributed by atoms with Crippen LogP contribution in [0.3, 0.4) is 0 Å². The summed E-state index contributed by atoms with van der Waals surface area (Å²) in [6.45, 7) is 0.422. The Balaban J connectivity index is 1.57. The zero-order valence-electron chi connectivity index (χ0n) is 13.1. The van der Waals surface area contributed by atoms with Gasteiger partial charge in [-0.15, -0.1) is 0 Å². The van der Waals surface area contributed by atoms with Gasteiger partial charge in [0.15, 0.2) is 0 Å². The Hall–Kier alpha value is -3.22. The predicted octanol–water partition coefficient (Wildman–Crippen LogP) is 2.97. The van der Waals surface area contributed by atoms with Gasteiger partial charge in [-0.25, -0.2) is 9.37 Å². The number of hydrogen-bond donors (Lipinski definition) is 0. The first kappa shape index (κ1) is 16.6. The standard InChI is InChI=1S/C18H14F2N2O3/c19-13-1-3-14(4-2-13)22-8-7-15(11-18(22)23)24-9-10-25-16-5-6-17(20)21-12-16/h1-8,11-12H,9-10H2. The first-order chi connectivity index (χ1) is 12.1. The minimum Gasteiger partial charge on any atom is -0.490 e. The van der Waals surface area contributed by atoms with Gasteiger partial charge < -0.3 is 9.47 Å². The largest absolute Gasteiger partial charge is 0.490 e. The Morgan fingerprint density at radius 2 is 1.64 bits per heavy atom. The van der Waals surface area contributed by atoms with E-state index in [-0.39, 0.29) is 24.6 Å². The highest BCUT2D eigenvalue weighted by atomic mass is 19.1. The van der Waals surface area contributed by atoms with Gasteiger partial charge in [0.1, 0.15) is 30.5 Å². The normalized spacial score (nSPS) is 10.5. The van der Waals surface area contributed by atoms with Gasteiger partial charge >= 0.3 is 0 Å². The van der Waals surface area contributed by atoms with Gasteiger partial charge in [-0.05, 0) is 42.5 Å². The molecule has 2 aromatic heterocycles. The van der Waals surface area contributed by atoms with Gasteiger partial charge in [0.05, 0.1) is 6.20 Å². The molecule has 5 nitrogen and oxygen atoms in total. The topological polar surface area (TPSA) is 53.4 Å². The van der Waals surface area contributed by atoms with Crippen LogP contribution in [0.1, 0.15) is 0 Å². The van der Waals surface area contributed by atoms with Crippen molar-refractivity contribution < 1.29 is 18.3 Å². The zero-order valence-corrected chi connectivity index (χ0v) is 13.1. The van der Waals surface area contributed by atoms with Gasteiger partial charge in [0, 0.05) is 18.0 Å². The molecule has 0 aliphatic carbocycles. The van der Waals surface area contributed by atoms with Crippen LogP contribution in [0.15, 0.2) is 65.7 Å². The number of nitrogens with zero attached hydrogens (tertiary/aromatic N) is 2. The lowest BCUT2D eigenvalue weighted by molar-refractivity contribution is 0.216. The highest BCUT2D eigenvalue weighted by molar-refractivity contribution is 5.34. The molecule has 25 heavy (non-hydrogen) atoms. The van der Waals surface area contributed by atoms with E-state index in [1.807, 2.05) is 0 Å². The van der Waals surface area contributed by atoms with Gasteiger partial charge in [-0.1, -0.05) is 0 Å². The van der Waals surface area contributed by atoms with Crippen molar-refractivity contribution in [3.8, 4) is 17.2 Å². The minimum absolute atomic E-state index is 0.206. The Morgan fingerprint density at radius 1 is 0.920 bits per heavy atom. The maximum atomic E-state index is 12.9. The maximum absolute atomic E-state index is 12.9. The lowest BCUT2D eigenvalue weighted by Crippen LogP contribution is -2.17. The number of aromatic nitrogens is 2. The summed E-state index contributed by atoms with van der Waals surface area (Å²) in [6, 6.07) is 11.2. The molecule has 2 heterocycles. The van der Waals surface area contributed by atoms with E-state index in [1.54, 1.807) is 12.3 Å². The third kappa shape index (κ3) is 4.41. The van der Waals surface area contributed by atoms with Crippen LogP contribution in [0, 0.1) is 11.8 Å². The number of rotatable bonds is 6. The highest BCUT2D eigenvalue weighted by Gasteiger charge is 2.03. The fourth-order valence-corrected chi connectivity index (χ4v) is 2.13. The smallest absolute Gasteiger partial charge is 0.258 e. The lowest BCUT2D eigenvalue weighted by atomic mass is 10.3. The molecule has 0 unspecified atom stereocenters. The van der Waals surface area contributed by atoms with E-state index in [0.717, 1.165) is 0 Å². The van der Waals surface area contributed by atoms with Crippen molar-refractivity contribution in [3.63, 3.8) is 0 Å². The predicted molar refractivity (Wildman–Crippen MR) is 87.2 cm³/mol. The fourth-order valence-electron chi connectivity index (χ4n) is 2.13. The summed E-state index contributed by atoms with van der Waals surface area (Å²) in [4.78, 5) is 15.6. The lowest BCUT2D eigenvalue weighted by Gasteiger charge is -2.10. The van der Waals surface area contributed by atoms with Crippen LogP contribution in [0.5, 0.6) is 11.5 Å². The summed E-state index contributed by atoms with van der Waals surface area (Å²) in [5, 5.41) is 0. The molecule has 0 spiro atoms. The van der Waals surface area contributed by atoms with E-state index in [9.17, 15) is 13.6 Å². The summed E-state index contributed by atoms with van der Waals surface area (Å²) in [5.41, 5.74) is 0.262. The van der Waals surface area contributed by atoms with Gasteiger partial charge in [-0.2, -0.15) is 4.39 Å². The monoisotopic (exact) mass is 344 g/mol. The van der Waals surface area contributed by atoms with Crippen LogP contribution < -0.4 is 15.0 Å². The van der Waals surface area contributed by atoms with E-state index in [4.69, 9.17) is 9.47 Å². The van der Waals surface area contributed by atoms with E-state index >= 15 is 0 Å². The van der Waals surface area contributed by atoms with Crippen LogP contribution >= 0.6 is 0 Å². The zero-order chi connectivity index (χ0) is 17.6. The van der Waals surface area contributed by atoms with Crippen molar-refractivity contribution in [2.24, 2.45) is 0 Å². The molecule has 3 aromatic rings. The molecule has 0 saturated carbocycles. The molecular weight excluding hydrogens is 330 g/mol. The number of ether oxygens (including phenoxy) is 2. The second kappa shape index (κ2) is 7.57. The van der Waals surface area contributed by atoms with Crippen molar-refractivity contribution in [2.45, 2.75) is 0 Å². The molecule has 1 aromatic carbocycles. The maximum Gasteiger partial charge on any atom is 0.258 e. The van der Waals surface area contributed by atoms with Crippen molar-refractivity contribution >= 4 is 0 Å². The molecule has 128 valence electrons. The van der Waals surface area contributed by atoms with Crippen molar-refractivity contribution in [2.75, 3.05) is 13.2 Å². The van der Waals surface area contributed by atoms with Crippen molar-refractivity contribution in [1.29, 1.82) is 0 Å². The first-order valence-corrected chi connectivity index (χ1v) is 7.47. The van der Waals surface area contributed by atoms with E-state index in [0.29, 0.717) is 17.2 Å². The van der Waals surface area contributed by atoms with Crippen LogP contribution in [0.25, 0.3) is 5.69 Å². The van der Waals surface area contributed by atoms with Crippen LogP contribution in [-0.4, -0.2) is 22.8 Å². The molecular formula is C18H14F2N2O3. The van der Waals surface area contributed by atoms with Gasteiger partial charge in [0.2, 0.25) is 5.95 Å². The Kier molecular flexibility index (Phi) is 5.03. The minimum atomic E-state index is -0.578. The highest BCUT2D eigenvalue weighted by Crippen LogP contribution is 2.11. The average Bonchev–Trinajstić information content (AvgIpc) is 2.61. The number of halogens is 2. The number of pyridine rings is 2. The van der Waals surface area contributed by atoms with Gasteiger partial charge in [-0.3, -0.25) is 9.36 Å². The first-order valence-electron chi connectivity index (χ1n) is 7.47. The molecule has 0 N–H and O–H groups in total. The molecule has 0 bridgehead atoms. The second-order valence-corrected chi connectivity index (χ2v) is 5.06. The molecule has 0 fully saturated rings. The third-order valence-corrected chi connectivity index (χ3v) is 3.32. The summed E-state index contributed by atoms with van der Waals surface area (Å²) in [6.07, 6.45) is 2.83. The molecule has 0 atom stereocenters. The Bertz CT molecular complexity index is 893. The molecule has 7 heteroatoms. The Labute approximate surface area is 142 Å². The fraction of sp³-hybridized carbons (Fsp3) is 0.111. The SMILES string of the molecule is O=c1cc(OCCOc2ccc(F)nc2)ccn1-c1ccc(F)cc1. The van der Waals surface area contributed by atoms with E-state index in [1.165, 1.54) is 53.2 Å². The molecule has 0 aliphatic heterocycles. The molecule has 3 rings (SSSR count). The molecule has 0 aliphatic rings. The quantitative estimate of drug-likeness (QED) is 0.510. The Morgan fingerprint density at radius 3 is 2.28 bits per heavy atom. The van der Waals surface area contributed by atoms with E-state index < -0.39 is 5.95 Å².